The zero-order valence-corrected chi connectivity index (χ0v) is 10.7. The highest BCUT2D eigenvalue weighted by Crippen LogP contribution is 2.25. The van der Waals surface area contributed by atoms with E-state index in [1.807, 2.05) is 6.07 Å². The molecule has 0 unspecified atom stereocenters. The first-order valence-electron chi connectivity index (χ1n) is 4.63. The van der Waals surface area contributed by atoms with Crippen LogP contribution in [0.1, 0.15) is 20.8 Å². The highest BCUT2D eigenvalue weighted by Gasteiger charge is 2.19. The number of imidazole rings is 1. The molecule has 0 aliphatic carbocycles. The van der Waals surface area contributed by atoms with Crippen LogP contribution in [0.15, 0.2) is 24.3 Å². The minimum absolute atomic E-state index is 0.0899. The van der Waals surface area contributed by atoms with E-state index in [2.05, 4.69) is 71.1 Å². The predicted molar refractivity (Wildman–Crippen MR) is 67.4 cm³/mol. The third kappa shape index (κ3) is 1.54. The summed E-state index contributed by atoms with van der Waals surface area (Å²) >= 11 is 2.29. The van der Waals surface area contributed by atoms with Gasteiger partial charge < -0.3 is 4.57 Å². The fourth-order valence-electron chi connectivity index (χ4n) is 1.63. The maximum absolute atomic E-state index is 4.53. The van der Waals surface area contributed by atoms with Crippen molar-refractivity contribution >= 4 is 33.6 Å². The summed E-state index contributed by atoms with van der Waals surface area (Å²) in [6.45, 7) is 6.59. The van der Waals surface area contributed by atoms with E-state index in [4.69, 9.17) is 0 Å². The molecule has 0 spiro atoms. The summed E-state index contributed by atoms with van der Waals surface area (Å²) < 4.78 is 3.32. The second kappa shape index (κ2) is 3.22. The van der Waals surface area contributed by atoms with Gasteiger partial charge >= 0.3 is 0 Å². The molecule has 0 radical (unpaired) electrons. The number of fused-ring (bicyclic) bond motifs is 1. The number of aromatic nitrogens is 2. The van der Waals surface area contributed by atoms with Gasteiger partial charge in [0.15, 0.2) is 3.83 Å². The number of nitrogens with zero attached hydrogens (tertiary/aromatic N) is 2. The van der Waals surface area contributed by atoms with Crippen molar-refractivity contribution in [1.82, 2.24) is 9.55 Å². The average molecular weight is 300 g/mol. The summed E-state index contributed by atoms with van der Waals surface area (Å²) in [5, 5.41) is 0. The van der Waals surface area contributed by atoms with Crippen LogP contribution in [0.25, 0.3) is 11.0 Å². The highest BCUT2D eigenvalue weighted by atomic mass is 127. The lowest BCUT2D eigenvalue weighted by Crippen LogP contribution is -2.22. The molecule has 0 saturated heterocycles. The first-order valence-corrected chi connectivity index (χ1v) is 5.71. The van der Waals surface area contributed by atoms with Crippen molar-refractivity contribution in [3.05, 3.63) is 28.1 Å². The lowest BCUT2D eigenvalue weighted by Gasteiger charge is -2.22. The predicted octanol–water partition coefficient (Wildman–Crippen LogP) is 3.40. The molecule has 0 aliphatic rings. The van der Waals surface area contributed by atoms with Crippen LogP contribution >= 0.6 is 22.6 Å². The molecular weight excluding hydrogens is 287 g/mol. The van der Waals surface area contributed by atoms with Gasteiger partial charge in [0, 0.05) is 5.54 Å². The largest absolute Gasteiger partial charge is 0.314 e. The fourth-order valence-corrected chi connectivity index (χ4v) is 2.88. The molecule has 2 aromatic rings. The Bertz CT molecular complexity index is 466. The van der Waals surface area contributed by atoms with Crippen molar-refractivity contribution in [2.24, 2.45) is 0 Å². The van der Waals surface area contributed by atoms with E-state index in [0.29, 0.717) is 0 Å². The van der Waals surface area contributed by atoms with Crippen molar-refractivity contribution in [1.29, 1.82) is 0 Å². The number of halogens is 1. The lowest BCUT2D eigenvalue weighted by atomic mass is 10.1. The van der Waals surface area contributed by atoms with E-state index in [-0.39, 0.29) is 5.54 Å². The number of rotatable bonds is 0. The zero-order valence-electron chi connectivity index (χ0n) is 8.58. The molecule has 0 bridgehead atoms. The van der Waals surface area contributed by atoms with Crippen LogP contribution < -0.4 is 0 Å². The quantitative estimate of drug-likeness (QED) is 0.682. The van der Waals surface area contributed by atoms with Crippen LogP contribution in [0.3, 0.4) is 0 Å². The van der Waals surface area contributed by atoms with Crippen molar-refractivity contribution < 1.29 is 0 Å². The molecule has 0 saturated carbocycles. The van der Waals surface area contributed by atoms with Crippen molar-refractivity contribution in [3.8, 4) is 0 Å². The van der Waals surface area contributed by atoms with E-state index in [1.54, 1.807) is 0 Å². The summed E-state index contributed by atoms with van der Waals surface area (Å²) in [6, 6.07) is 8.26. The first kappa shape index (κ1) is 9.96. The Morgan fingerprint density at radius 3 is 2.50 bits per heavy atom. The SMILES string of the molecule is CC(C)(C)n1c(I)nc2ccccc21. The van der Waals surface area contributed by atoms with Gasteiger partial charge in [-0.15, -0.1) is 0 Å². The van der Waals surface area contributed by atoms with E-state index in [9.17, 15) is 0 Å². The van der Waals surface area contributed by atoms with E-state index >= 15 is 0 Å². The van der Waals surface area contributed by atoms with Gasteiger partial charge in [-0.1, -0.05) is 12.1 Å². The van der Waals surface area contributed by atoms with Gasteiger partial charge in [0.25, 0.3) is 0 Å². The second-order valence-electron chi connectivity index (χ2n) is 4.38. The molecule has 3 heteroatoms. The van der Waals surface area contributed by atoms with Crippen molar-refractivity contribution in [2.45, 2.75) is 26.3 Å². The molecule has 2 nitrogen and oxygen atoms in total. The van der Waals surface area contributed by atoms with E-state index < -0.39 is 0 Å². The Kier molecular flexibility index (Phi) is 2.29. The van der Waals surface area contributed by atoms with Crippen LogP contribution in [0.2, 0.25) is 0 Å². The van der Waals surface area contributed by atoms with Crippen molar-refractivity contribution in [2.75, 3.05) is 0 Å². The molecule has 2 rings (SSSR count). The molecule has 0 atom stereocenters. The number of hydrogen-bond acceptors (Lipinski definition) is 1. The lowest BCUT2D eigenvalue weighted by molar-refractivity contribution is 0.400. The van der Waals surface area contributed by atoms with Crippen LogP contribution in [-0.4, -0.2) is 9.55 Å². The summed E-state index contributed by atoms with van der Waals surface area (Å²) in [4.78, 5) is 4.53. The Hall–Kier alpha value is -0.580. The van der Waals surface area contributed by atoms with Gasteiger partial charge in [-0.25, -0.2) is 4.98 Å². The summed E-state index contributed by atoms with van der Waals surface area (Å²) in [5.41, 5.74) is 2.38. The van der Waals surface area contributed by atoms with Gasteiger partial charge in [-0.3, -0.25) is 0 Å². The minimum Gasteiger partial charge on any atom is -0.314 e. The number of benzene rings is 1. The molecule has 0 fully saturated rings. The topological polar surface area (TPSA) is 17.8 Å². The Labute approximate surface area is 97.5 Å². The summed E-state index contributed by atoms with van der Waals surface area (Å²) in [7, 11) is 0. The Balaban J connectivity index is 2.81. The van der Waals surface area contributed by atoms with Gasteiger partial charge in [-0.2, -0.15) is 0 Å². The molecule has 0 aliphatic heterocycles. The Morgan fingerprint density at radius 1 is 1.21 bits per heavy atom. The third-order valence-electron chi connectivity index (χ3n) is 2.19. The molecule has 1 aromatic carbocycles. The molecule has 0 N–H and O–H groups in total. The van der Waals surface area contributed by atoms with Crippen LogP contribution in [-0.2, 0) is 5.54 Å². The normalized spacial score (nSPS) is 12.3. The van der Waals surface area contributed by atoms with Gasteiger partial charge in [0.2, 0.25) is 0 Å². The average Bonchev–Trinajstić information content (AvgIpc) is 2.38. The minimum atomic E-state index is 0.0899. The Morgan fingerprint density at radius 2 is 1.86 bits per heavy atom. The molecule has 0 amide bonds. The van der Waals surface area contributed by atoms with Crippen LogP contribution in [0, 0.1) is 3.83 Å². The molecule has 1 heterocycles. The highest BCUT2D eigenvalue weighted by molar-refractivity contribution is 14.1. The monoisotopic (exact) mass is 300 g/mol. The molecule has 74 valence electrons. The summed E-state index contributed by atoms with van der Waals surface area (Å²) in [5.74, 6) is 0. The maximum Gasteiger partial charge on any atom is 0.172 e. The smallest absolute Gasteiger partial charge is 0.172 e. The third-order valence-corrected chi connectivity index (χ3v) is 2.91. The fraction of sp³-hybridized carbons (Fsp3) is 0.364. The second-order valence-corrected chi connectivity index (χ2v) is 5.34. The van der Waals surface area contributed by atoms with Crippen molar-refractivity contribution in [3.63, 3.8) is 0 Å². The standard InChI is InChI=1S/C11H13IN2/c1-11(2,3)14-9-7-5-4-6-8(9)13-10(14)12/h4-7H,1-3H3. The summed E-state index contributed by atoms with van der Waals surface area (Å²) in [6.07, 6.45) is 0. The van der Waals surface area contributed by atoms with E-state index in [1.165, 1.54) is 5.52 Å². The number of para-hydroxylation sites is 2. The number of hydrogen-bond donors (Lipinski definition) is 0. The van der Waals surface area contributed by atoms with Crippen LogP contribution in [0.5, 0.6) is 0 Å². The van der Waals surface area contributed by atoms with E-state index in [0.717, 1.165) is 9.35 Å². The molecule has 1 aromatic heterocycles. The van der Waals surface area contributed by atoms with Gasteiger partial charge in [0.1, 0.15) is 0 Å². The first-order chi connectivity index (χ1) is 6.50. The molecular formula is C11H13IN2. The molecule has 14 heavy (non-hydrogen) atoms. The van der Waals surface area contributed by atoms with Gasteiger partial charge in [0.05, 0.1) is 11.0 Å². The zero-order chi connectivity index (χ0) is 10.3. The maximum atomic E-state index is 4.53. The van der Waals surface area contributed by atoms with Crippen LogP contribution in [0.4, 0.5) is 0 Å². The van der Waals surface area contributed by atoms with Gasteiger partial charge in [-0.05, 0) is 55.5 Å².